The van der Waals surface area contributed by atoms with Gasteiger partial charge in [-0.25, -0.2) is 13.8 Å². The molecular weight excluding hydrogens is 212 g/mol. The standard InChI is InChI=1S/C8H7F2N3.ClH/c9-4-1-2-5-8(7(4)10)13-6(3-11)12-5;/h1-2H,3,11H2,(H,12,13);1H. The molecule has 0 unspecified atom stereocenters. The van der Waals surface area contributed by atoms with E-state index in [-0.39, 0.29) is 24.5 Å². The fraction of sp³-hybridized carbons (Fsp3) is 0.125. The first kappa shape index (κ1) is 10.9. The number of rotatable bonds is 1. The van der Waals surface area contributed by atoms with E-state index < -0.39 is 11.6 Å². The molecule has 76 valence electrons. The number of H-pyrrole nitrogens is 1. The lowest BCUT2D eigenvalue weighted by atomic mass is 10.3. The third kappa shape index (κ3) is 1.56. The Kier molecular flexibility index (Phi) is 3.03. The van der Waals surface area contributed by atoms with Gasteiger partial charge in [0.05, 0.1) is 12.1 Å². The number of imidazole rings is 1. The number of hydrogen-bond donors (Lipinski definition) is 2. The summed E-state index contributed by atoms with van der Waals surface area (Å²) in [7, 11) is 0. The van der Waals surface area contributed by atoms with Gasteiger partial charge in [0.25, 0.3) is 0 Å². The van der Waals surface area contributed by atoms with Gasteiger partial charge >= 0.3 is 0 Å². The zero-order chi connectivity index (χ0) is 9.42. The van der Waals surface area contributed by atoms with Crippen LogP contribution >= 0.6 is 12.4 Å². The van der Waals surface area contributed by atoms with E-state index in [0.29, 0.717) is 11.3 Å². The number of nitrogens with one attached hydrogen (secondary N) is 1. The summed E-state index contributed by atoms with van der Waals surface area (Å²) in [4.78, 5) is 6.57. The zero-order valence-corrected chi connectivity index (χ0v) is 7.87. The first-order valence-electron chi connectivity index (χ1n) is 3.75. The molecule has 0 saturated carbocycles. The molecule has 1 aromatic heterocycles. The van der Waals surface area contributed by atoms with Gasteiger partial charge < -0.3 is 10.7 Å². The van der Waals surface area contributed by atoms with Gasteiger partial charge in [0.2, 0.25) is 0 Å². The van der Waals surface area contributed by atoms with Crippen molar-refractivity contribution in [2.24, 2.45) is 5.73 Å². The van der Waals surface area contributed by atoms with Crippen LogP contribution in [0, 0.1) is 11.6 Å². The van der Waals surface area contributed by atoms with Gasteiger partial charge in [0.1, 0.15) is 11.3 Å². The number of nitrogens with two attached hydrogens (primary N) is 1. The Morgan fingerprint density at radius 3 is 2.71 bits per heavy atom. The Labute approximate surface area is 84.7 Å². The molecule has 1 aromatic carbocycles. The molecule has 0 amide bonds. The molecule has 0 atom stereocenters. The van der Waals surface area contributed by atoms with E-state index in [2.05, 4.69) is 9.97 Å². The third-order valence-electron chi connectivity index (χ3n) is 1.79. The molecule has 0 aliphatic heterocycles. The average Bonchev–Trinajstić information content (AvgIpc) is 2.55. The van der Waals surface area contributed by atoms with E-state index >= 15 is 0 Å². The van der Waals surface area contributed by atoms with Crippen molar-refractivity contribution in [3.8, 4) is 0 Å². The van der Waals surface area contributed by atoms with Crippen molar-refractivity contribution < 1.29 is 8.78 Å². The molecule has 2 rings (SSSR count). The van der Waals surface area contributed by atoms with Gasteiger partial charge in [0, 0.05) is 0 Å². The summed E-state index contributed by atoms with van der Waals surface area (Å²) in [6.07, 6.45) is 0. The minimum atomic E-state index is -0.937. The fourth-order valence-corrected chi connectivity index (χ4v) is 1.17. The van der Waals surface area contributed by atoms with Crippen molar-refractivity contribution in [3.05, 3.63) is 29.6 Å². The fourth-order valence-electron chi connectivity index (χ4n) is 1.17. The van der Waals surface area contributed by atoms with Crippen LogP contribution in [0.2, 0.25) is 0 Å². The summed E-state index contributed by atoms with van der Waals surface area (Å²) in [6, 6.07) is 2.48. The van der Waals surface area contributed by atoms with Crippen LogP contribution in [-0.4, -0.2) is 9.97 Å². The van der Waals surface area contributed by atoms with Gasteiger partial charge in [-0.15, -0.1) is 12.4 Å². The lowest BCUT2D eigenvalue weighted by molar-refractivity contribution is 0.515. The number of fused-ring (bicyclic) bond motifs is 1. The molecule has 2 aromatic rings. The molecule has 3 N–H and O–H groups in total. The monoisotopic (exact) mass is 219 g/mol. The highest BCUT2D eigenvalue weighted by Crippen LogP contribution is 2.17. The SMILES string of the molecule is Cl.NCc1nc2c(F)c(F)ccc2[nH]1. The highest BCUT2D eigenvalue weighted by Gasteiger charge is 2.10. The van der Waals surface area contributed by atoms with Crippen LogP contribution in [0.5, 0.6) is 0 Å². The van der Waals surface area contributed by atoms with Crippen molar-refractivity contribution in [1.82, 2.24) is 9.97 Å². The first-order valence-corrected chi connectivity index (χ1v) is 3.75. The maximum atomic E-state index is 13.0. The summed E-state index contributed by atoms with van der Waals surface area (Å²) in [5, 5.41) is 0. The summed E-state index contributed by atoms with van der Waals surface area (Å²) in [6.45, 7) is 0.176. The minimum Gasteiger partial charge on any atom is -0.341 e. The predicted molar refractivity (Wildman–Crippen MR) is 51.1 cm³/mol. The first-order chi connectivity index (χ1) is 6.22. The molecule has 0 aliphatic carbocycles. The van der Waals surface area contributed by atoms with Crippen LogP contribution in [0.1, 0.15) is 5.82 Å². The molecule has 0 radical (unpaired) electrons. The third-order valence-corrected chi connectivity index (χ3v) is 1.79. The Morgan fingerprint density at radius 2 is 2.07 bits per heavy atom. The quantitative estimate of drug-likeness (QED) is 0.767. The second kappa shape index (κ2) is 3.89. The van der Waals surface area contributed by atoms with Gasteiger partial charge in [0.15, 0.2) is 11.6 Å². The van der Waals surface area contributed by atoms with E-state index in [9.17, 15) is 8.78 Å². The smallest absolute Gasteiger partial charge is 0.186 e. The average molecular weight is 220 g/mol. The highest BCUT2D eigenvalue weighted by atomic mass is 35.5. The van der Waals surface area contributed by atoms with Crippen LogP contribution in [0.25, 0.3) is 11.0 Å². The second-order valence-corrected chi connectivity index (χ2v) is 2.65. The van der Waals surface area contributed by atoms with E-state index in [1.54, 1.807) is 0 Å². The highest BCUT2D eigenvalue weighted by molar-refractivity contribution is 5.85. The van der Waals surface area contributed by atoms with Gasteiger partial charge in [-0.1, -0.05) is 0 Å². The molecule has 0 fully saturated rings. The minimum absolute atomic E-state index is 0. The number of aromatic amines is 1. The van der Waals surface area contributed by atoms with Crippen LogP contribution < -0.4 is 5.73 Å². The number of halogens is 3. The molecule has 14 heavy (non-hydrogen) atoms. The van der Waals surface area contributed by atoms with Crippen LogP contribution in [-0.2, 0) is 6.54 Å². The van der Waals surface area contributed by atoms with E-state index in [1.807, 2.05) is 0 Å². The van der Waals surface area contributed by atoms with Crippen LogP contribution in [0.3, 0.4) is 0 Å². The van der Waals surface area contributed by atoms with E-state index in [0.717, 1.165) is 6.07 Å². The number of nitrogens with zero attached hydrogens (tertiary/aromatic N) is 1. The zero-order valence-electron chi connectivity index (χ0n) is 7.05. The van der Waals surface area contributed by atoms with Crippen molar-refractivity contribution in [2.45, 2.75) is 6.54 Å². The molecule has 6 heteroatoms. The van der Waals surface area contributed by atoms with Gasteiger partial charge in [-0.2, -0.15) is 0 Å². The molecule has 0 aliphatic rings. The largest absolute Gasteiger partial charge is 0.341 e. The topological polar surface area (TPSA) is 54.7 Å². The molecule has 1 heterocycles. The molecule has 0 saturated heterocycles. The number of hydrogen-bond acceptors (Lipinski definition) is 2. The van der Waals surface area contributed by atoms with Crippen molar-refractivity contribution >= 4 is 23.4 Å². The van der Waals surface area contributed by atoms with Crippen molar-refractivity contribution in [1.29, 1.82) is 0 Å². The molecular formula is C8H8ClF2N3. The second-order valence-electron chi connectivity index (χ2n) is 2.65. The maximum Gasteiger partial charge on any atom is 0.186 e. The van der Waals surface area contributed by atoms with Crippen molar-refractivity contribution in [3.63, 3.8) is 0 Å². The molecule has 3 nitrogen and oxygen atoms in total. The van der Waals surface area contributed by atoms with Gasteiger partial charge in [-0.3, -0.25) is 0 Å². The summed E-state index contributed by atoms with van der Waals surface area (Å²) >= 11 is 0. The number of aromatic nitrogens is 2. The van der Waals surface area contributed by atoms with Crippen molar-refractivity contribution in [2.75, 3.05) is 0 Å². The lowest BCUT2D eigenvalue weighted by Gasteiger charge is -1.91. The summed E-state index contributed by atoms with van der Waals surface area (Å²) in [5.74, 6) is -1.39. The normalized spacial score (nSPS) is 10.2. The summed E-state index contributed by atoms with van der Waals surface area (Å²) in [5.41, 5.74) is 5.75. The molecule has 0 spiro atoms. The number of benzene rings is 1. The Balaban J connectivity index is 0.000000980. The lowest BCUT2D eigenvalue weighted by Crippen LogP contribution is -1.97. The summed E-state index contributed by atoms with van der Waals surface area (Å²) < 4.78 is 25.8. The Hall–Kier alpha value is -1.20. The van der Waals surface area contributed by atoms with E-state index in [1.165, 1.54) is 6.07 Å². The van der Waals surface area contributed by atoms with Gasteiger partial charge in [-0.05, 0) is 12.1 Å². The Morgan fingerprint density at radius 1 is 1.36 bits per heavy atom. The molecule has 0 bridgehead atoms. The van der Waals surface area contributed by atoms with E-state index in [4.69, 9.17) is 5.73 Å². The maximum absolute atomic E-state index is 13.0. The van der Waals surface area contributed by atoms with Crippen LogP contribution in [0.4, 0.5) is 8.78 Å². The van der Waals surface area contributed by atoms with Crippen LogP contribution in [0.15, 0.2) is 12.1 Å². The Bertz CT molecular complexity index is 455. The predicted octanol–water partition coefficient (Wildman–Crippen LogP) is 1.72.